The molecule has 0 spiro atoms. The molecule has 1 rings (SSSR count). The zero-order valence-corrected chi connectivity index (χ0v) is 9.88. The average molecular weight is 249 g/mol. The van der Waals surface area contributed by atoms with Crippen molar-refractivity contribution in [3.63, 3.8) is 0 Å². The van der Waals surface area contributed by atoms with Gasteiger partial charge in [0.25, 0.3) is 12.1 Å². The number of hydrogen-bond acceptors (Lipinski definition) is 5. The van der Waals surface area contributed by atoms with Gasteiger partial charge in [-0.05, 0) is 18.2 Å². The predicted molar refractivity (Wildman–Crippen MR) is 64.5 cm³/mol. The molecule has 0 saturated heterocycles. The number of aliphatic hydroxyl groups is 1. The minimum absolute atomic E-state index is 0.116. The SMILES string of the molecule is C=CCC(O)([C]=O)Oc1ccc(C=O)cc1OC. The minimum Gasteiger partial charge on any atom is -0.493 e. The molecule has 0 heterocycles. The van der Waals surface area contributed by atoms with Gasteiger partial charge in [0.15, 0.2) is 11.5 Å². The normalized spacial score (nSPS) is 13.2. The lowest BCUT2D eigenvalue weighted by Gasteiger charge is -2.22. The van der Waals surface area contributed by atoms with E-state index in [-0.39, 0.29) is 17.9 Å². The number of rotatable bonds is 7. The molecule has 1 N–H and O–H groups in total. The monoisotopic (exact) mass is 249 g/mol. The second-order valence-electron chi connectivity index (χ2n) is 3.51. The van der Waals surface area contributed by atoms with E-state index in [1.165, 1.54) is 37.7 Å². The summed E-state index contributed by atoms with van der Waals surface area (Å²) in [7, 11) is 1.38. The van der Waals surface area contributed by atoms with Crippen LogP contribution in [0.2, 0.25) is 0 Å². The topological polar surface area (TPSA) is 72.8 Å². The van der Waals surface area contributed by atoms with E-state index in [1.807, 2.05) is 0 Å². The van der Waals surface area contributed by atoms with E-state index in [4.69, 9.17) is 9.47 Å². The highest BCUT2D eigenvalue weighted by atomic mass is 16.6. The van der Waals surface area contributed by atoms with Crippen LogP contribution in [0, 0.1) is 0 Å². The Balaban J connectivity index is 3.05. The summed E-state index contributed by atoms with van der Waals surface area (Å²) < 4.78 is 10.1. The number of aldehydes is 1. The van der Waals surface area contributed by atoms with Gasteiger partial charge < -0.3 is 14.6 Å². The van der Waals surface area contributed by atoms with Crippen molar-refractivity contribution >= 4 is 12.6 Å². The van der Waals surface area contributed by atoms with Crippen LogP contribution in [0.4, 0.5) is 0 Å². The Hall–Kier alpha value is -2.14. The van der Waals surface area contributed by atoms with Crippen molar-refractivity contribution in [3.05, 3.63) is 36.4 Å². The zero-order chi connectivity index (χ0) is 13.6. The van der Waals surface area contributed by atoms with Crippen molar-refractivity contribution in [3.8, 4) is 11.5 Å². The van der Waals surface area contributed by atoms with Gasteiger partial charge in [0.1, 0.15) is 6.29 Å². The summed E-state index contributed by atoms with van der Waals surface area (Å²) in [5.74, 6) is -1.74. The first kappa shape index (κ1) is 13.9. The van der Waals surface area contributed by atoms with E-state index in [9.17, 15) is 14.7 Å². The van der Waals surface area contributed by atoms with Crippen molar-refractivity contribution in [2.75, 3.05) is 7.11 Å². The van der Waals surface area contributed by atoms with Gasteiger partial charge in [-0.15, -0.1) is 6.58 Å². The lowest BCUT2D eigenvalue weighted by atomic mass is 10.2. The molecule has 0 saturated carbocycles. The maximum atomic E-state index is 10.7. The standard InChI is InChI=1S/C13H13O5/c1-3-6-13(16,9-15)18-11-5-4-10(8-14)7-12(11)17-2/h3-5,7-8,16H,1,6H2,2H3. The van der Waals surface area contributed by atoms with Crippen LogP contribution in [0.25, 0.3) is 0 Å². The van der Waals surface area contributed by atoms with Crippen molar-refractivity contribution in [1.82, 2.24) is 0 Å². The molecule has 0 amide bonds. The zero-order valence-electron chi connectivity index (χ0n) is 9.88. The van der Waals surface area contributed by atoms with Gasteiger partial charge in [-0.1, -0.05) is 6.08 Å². The first-order valence-electron chi connectivity index (χ1n) is 5.13. The smallest absolute Gasteiger partial charge is 0.279 e. The van der Waals surface area contributed by atoms with Gasteiger partial charge in [-0.25, -0.2) is 0 Å². The van der Waals surface area contributed by atoms with Crippen molar-refractivity contribution in [2.24, 2.45) is 0 Å². The second-order valence-corrected chi connectivity index (χ2v) is 3.51. The third-order valence-corrected chi connectivity index (χ3v) is 2.18. The molecule has 1 aromatic rings. The first-order chi connectivity index (χ1) is 8.58. The molecule has 1 aromatic carbocycles. The number of benzene rings is 1. The summed E-state index contributed by atoms with van der Waals surface area (Å²) in [5.41, 5.74) is 0.390. The molecule has 1 radical (unpaired) electrons. The molecule has 0 fully saturated rings. The van der Waals surface area contributed by atoms with E-state index in [0.717, 1.165) is 0 Å². The Morgan fingerprint density at radius 1 is 1.50 bits per heavy atom. The summed E-state index contributed by atoms with van der Waals surface area (Å²) in [6.45, 7) is 3.41. The molecule has 0 aliphatic heterocycles. The van der Waals surface area contributed by atoms with E-state index >= 15 is 0 Å². The van der Waals surface area contributed by atoms with E-state index in [0.29, 0.717) is 11.8 Å². The third-order valence-electron chi connectivity index (χ3n) is 2.18. The van der Waals surface area contributed by atoms with Crippen LogP contribution in [0.5, 0.6) is 11.5 Å². The highest BCUT2D eigenvalue weighted by molar-refractivity contribution is 5.76. The molecule has 0 bridgehead atoms. The summed E-state index contributed by atoms with van der Waals surface area (Å²) in [6, 6.07) is 4.33. The molecular weight excluding hydrogens is 236 g/mol. The highest BCUT2D eigenvalue weighted by Gasteiger charge is 2.29. The molecule has 5 nitrogen and oxygen atoms in total. The van der Waals surface area contributed by atoms with Crippen LogP contribution in [0.3, 0.4) is 0 Å². The third kappa shape index (κ3) is 3.18. The Morgan fingerprint density at radius 3 is 2.72 bits per heavy atom. The van der Waals surface area contributed by atoms with Crippen molar-refractivity contribution in [2.45, 2.75) is 12.2 Å². The predicted octanol–water partition coefficient (Wildman–Crippen LogP) is 1.26. The number of ether oxygens (including phenoxy) is 2. The fraction of sp³-hybridized carbons (Fsp3) is 0.231. The maximum absolute atomic E-state index is 10.7. The van der Waals surface area contributed by atoms with Crippen LogP contribution in [-0.4, -0.2) is 30.6 Å². The Morgan fingerprint density at radius 2 is 2.22 bits per heavy atom. The highest BCUT2D eigenvalue weighted by Crippen LogP contribution is 2.30. The molecule has 5 heteroatoms. The Labute approximate surface area is 105 Å². The van der Waals surface area contributed by atoms with Gasteiger partial charge >= 0.3 is 0 Å². The van der Waals surface area contributed by atoms with E-state index in [1.54, 1.807) is 0 Å². The number of methoxy groups -OCH3 is 1. The molecule has 1 unspecified atom stereocenters. The second kappa shape index (κ2) is 5.97. The quantitative estimate of drug-likeness (QED) is 0.447. The number of carbonyl (C=O) groups is 1. The van der Waals surface area contributed by atoms with Gasteiger partial charge in [-0.2, -0.15) is 0 Å². The van der Waals surface area contributed by atoms with Crippen LogP contribution in [0.15, 0.2) is 30.9 Å². The summed E-state index contributed by atoms with van der Waals surface area (Å²) in [5, 5.41) is 9.78. The number of hydrogen-bond donors (Lipinski definition) is 1. The average Bonchev–Trinajstić information content (AvgIpc) is 2.39. The Kier molecular flexibility index (Phi) is 4.62. The van der Waals surface area contributed by atoms with E-state index in [2.05, 4.69) is 6.58 Å². The summed E-state index contributed by atoms with van der Waals surface area (Å²) in [6.07, 6.45) is 3.26. The molecule has 1 atom stereocenters. The largest absolute Gasteiger partial charge is 0.493 e. The maximum Gasteiger partial charge on any atom is 0.279 e. The molecule has 95 valence electrons. The Bertz CT molecular complexity index is 455. The fourth-order valence-corrected chi connectivity index (χ4v) is 1.32. The number of carbonyl (C=O) groups excluding carboxylic acids is 2. The van der Waals surface area contributed by atoms with Gasteiger partial charge in [-0.3, -0.25) is 9.59 Å². The molecule has 0 aliphatic carbocycles. The summed E-state index contributed by atoms with van der Waals surface area (Å²) >= 11 is 0. The van der Waals surface area contributed by atoms with Crippen molar-refractivity contribution < 1.29 is 24.2 Å². The molecular formula is C13H13O5. The lowest BCUT2D eigenvalue weighted by molar-refractivity contribution is -0.0744. The molecule has 18 heavy (non-hydrogen) atoms. The van der Waals surface area contributed by atoms with Gasteiger partial charge in [0.05, 0.1) is 7.11 Å². The van der Waals surface area contributed by atoms with Gasteiger partial charge in [0, 0.05) is 12.0 Å². The van der Waals surface area contributed by atoms with Crippen molar-refractivity contribution in [1.29, 1.82) is 0 Å². The summed E-state index contributed by atoms with van der Waals surface area (Å²) in [4.78, 5) is 21.3. The van der Waals surface area contributed by atoms with Gasteiger partial charge in [0.2, 0.25) is 0 Å². The van der Waals surface area contributed by atoms with Crippen LogP contribution in [0.1, 0.15) is 16.8 Å². The molecule has 0 aliphatic rings. The minimum atomic E-state index is -2.11. The fourth-order valence-electron chi connectivity index (χ4n) is 1.32. The van der Waals surface area contributed by atoms with Crippen LogP contribution < -0.4 is 9.47 Å². The van der Waals surface area contributed by atoms with Crippen LogP contribution >= 0.6 is 0 Å². The molecule has 0 aromatic heterocycles. The lowest BCUT2D eigenvalue weighted by Crippen LogP contribution is -2.37. The van der Waals surface area contributed by atoms with Crippen LogP contribution in [-0.2, 0) is 4.79 Å². The first-order valence-corrected chi connectivity index (χ1v) is 5.13. The van der Waals surface area contributed by atoms with E-state index < -0.39 is 5.79 Å².